The fraction of sp³-hybridized carbons (Fsp3) is 0.0364. The van der Waals surface area contributed by atoms with E-state index in [1.807, 2.05) is 77.4 Å². The normalized spacial score (nSPS) is 11.8. The van der Waals surface area contributed by atoms with Crippen molar-refractivity contribution >= 4 is 49.3 Å². The second-order valence-electron chi connectivity index (χ2n) is 16.4. The van der Waals surface area contributed by atoms with Gasteiger partial charge in [0, 0.05) is 93.4 Å². The molecule has 0 aliphatic carbocycles. The lowest BCUT2D eigenvalue weighted by Gasteiger charge is -2.22. The third-order valence-corrected chi connectivity index (χ3v) is 12.4. The Balaban J connectivity index is 1.28. The minimum absolute atomic E-state index is 0.0196. The van der Waals surface area contributed by atoms with E-state index in [4.69, 9.17) is 6.57 Å². The molecule has 6 heterocycles. The quantitative estimate of drug-likeness (QED) is 0.145. The van der Waals surface area contributed by atoms with Crippen LogP contribution < -0.4 is 0 Å². The molecule has 328 valence electrons. The number of aryl methyl sites for hydroxylation is 1. The molecule has 0 saturated carbocycles. The van der Waals surface area contributed by atoms with Crippen LogP contribution in [0.2, 0.25) is 0 Å². The standard InChI is InChI=1S/C55H32F3N11/c1-32-8-3-9-42(55(56,57)58)50(32)41-30-48(68-44-26-33(51-60-18-4-19-61-51)10-14-37(44)38-15-11-34(27-45(38)68)52-62-20-5-21-63-52)49(31-43(41)59-2)69-46-28-35(53-64-22-6-23-65-53)12-16-39(46)40-17-13-36(29-47(40)69)54-66-24-7-25-67-54/h3-31H,1H3. The molecule has 6 aromatic heterocycles. The predicted molar refractivity (Wildman–Crippen MR) is 261 cm³/mol. The molecule has 6 aromatic carbocycles. The fourth-order valence-electron chi connectivity index (χ4n) is 9.38. The first-order valence-corrected chi connectivity index (χ1v) is 21.7. The summed E-state index contributed by atoms with van der Waals surface area (Å²) in [5.74, 6) is 1.98. The van der Waals surface area contributed by atoms with Gasteiger partial charge >= 0.3 is 6.18 Å². The van der Waals surface area contributed by atoms with Gasteiger partial charge < -0.3 is 9.13 Å². The number of aromatic nitrogens is 10. The molecule has 69 heavy (non-hydrogen) atoms. The molecule has 0 aliphatic heterocycles. The van der Waals surface area contributed by atoms with Gasteiger partial charge in [-0.3, -0.25) is 0 Å². The number of hydrogen-bond acceptors (Lipinski definition) is 8. The maximum absolute atomic E-state index is 15.2. The zero-order valence-corrected chi connectivity index (χ0v) is 36.3. The highest BCUT2D eigenvalue weighted by Gasteiger charge is 2.35. The molecular weight excluding hydrogens is 872 g/mol. The van der Waals surface area contributed by atoms with E-state index in [2.05, 4.69) is 49.3 Å². The number of halogens is 3. The largest absolute Gasteiger partial charge is 0.416 e. The maximum atomic E-state index is 15.2. The number of alkyl halides is 3. The Labute approximate surface area is 390 Å². The van der Waals surface area contributed by atoms with Gasteiger partial charge in [-0.25, -0.2) is 44.7 Å². The van der Waals surface area contributed by atoms with Crippen LogP contribution >= 0.6 is 0 Å². The molecule has 0 spiro atoms. The summed E-state index contributed by atoms with van der Waals surface area (Å²) in [6.07, 6.45) is 8.68. The highest BCUT2D eigenvalue weighted by Crippen LogP contribution is 2.48. The van der Waals surface area contributed by atoms with Crippen LogP contribution in [0.1, 0.15) is 11.1 Å². The topological polar surface area (TPSA) is 117 Å². The second-order valence-corrected chi connectivity index (χ2v) is 16.4. The highest BCUT2D eigenvalue weighted by molar-refractivity contribution is 6.14. The van der Waals surface area contributed by atoms with Crippen LogP contribution in [-0.2, 0) is 6.18 Å². The molecular formula is C55H32F3N11. The van der Waals surface area contributed by atoms with Crippen LogP contribution in [0, 0.1) is 13.5 Å². The SMILES string of the molecule is [C-]#[N+]c1cc(-n2c3cc(-c4ncccn4)ccc3c3ccc(-c4ncccn4)cc32)c(-n2c3cc(-c4ncccn4)ccc3c3ccc(-c4ncccn4)cc32)cc1-c1c(C)cccc1C(F)(F)F. The van der Waals surface area contributed by atoms with Crippen molar-refractivity contribution in [2.75, 3.05) is 0 Å². The highest BCUT2D eigenvalue weighted by atomic mass is 19.4. The third-order valence-electron chi connectivity index (χ3n) is 12.4. The van der Waals surface area contributed by atoms with Crippen molar-refractivity contribution in [2.24, 2.45) is 0 Å². The number of benzene rings is 6. The lowest BCUT2D eigenvalue weighted by molar-refractivity contribution is -0.137. The van der Waals surface area contributed by atoms with E-state index in [9.17, 15) is 0 Å². The Hall–Kier alpha value is -9.48. The molecule has 0 fully saturated rings. The molecule has 12 aromatic rings. The Morgan fingerprint density at radius 2 is 0.783 bits per heavy atom. The van der Waals surface area contributed by atoms with Gasteiger partial charge in [0.1, 0.15) is 0 Å². The Kier molecular flexibility index (Phi) is 9.59. The number of rotatable bonds is 7. The third kappa shape index (κ3) is 6.91. The van der Waals surface area contributed by atoms with Crippen LogP contribution in [0.5, 0.6) is 0 Å². The van der Waals surface area contributed by atoms with Crippen molar-refractivity contribution in [3.8, 4) is 68.1 Å². The van der Waals surface area contributed by atoms with Crippen LogP contribution in [0.15, 0.2) is 177 Å². The minimum atomic E-state index is -4.74. The van der Waals surface area contributed by atoms with Crippen molar-refractivity contribution in [3.63, 3.8) is 0 Å². The molecule has 0 unspecified atom stereocenters. The van der Waals surface area contributed by atoms with Crippen LogP contribution in [0.3, 0.4) is 0 Å². The monoisotopic (exact) mass is 903 g/mol. The van der Waals surface area contributed by atoms with E-state index in [-0.39, 0.29) is 16.8 Å². The summed E-state index contributed by atoms with van der Waals surface area (Å²) in [5, 5.41) is 3.45. The summed E-state index contributed by atoms with van der Waals surface area (Å²) in [6.45, 7) is 10.3. The van der Waals surface area contributed by atoms with Gasteiger partial charge in [0.15, 0.2) is 29.0 Å². The summed E-state index contributed by atoms with van der Waals surface area (Å²) >= 11 is 0. The average Bonchev–Trinajstić information content (AvgIpc) is 3.90. The zero-order chi connectivity index (χ0) is 46.8. The van der Waals surface area contributed by atoms with Crippen molar-refractivity contribution in [1.29, 1.82) is 0 Å². The van der Waals surface area contributed by atoms with Gasteiger partial charge in [0.05, 0.1) is 45.6 Å². The predicted octanol–water partition coefficient (Wildman–Crippen LogP) is 13.3. The molecule has 11 nitrogen and oxygen atoms in total. The summed E-state index contributed by atoms with van der Waals surface area (Å²) in [6, 6.07) is 38.4. The van der Waals surface area contributed by atoms with Gasteiger partial charge in [-0.15, -0.1) is 0 Å². The summed E-state index contributed by atoms with van der Waals surface area (Å²) < 4.78 is 49.8. The van der Waals surface area contributed by atoms with Crippen molar-refractivity contribution in [2.45, 2.75) is 13.1 Å². The van der Waals surface area contributed by atoms with Crippen LogP contribution in [0.25, 0.3) is 117 Å². The van der Waals surface area contributed by atoms with Gasteiger partial charge in [-0.1, -0.05) is 60.7 Å². The van der Waals surface area contributed by atoms with E-state index in [1.165, 1.54) is 6.07 Å². The molecule has 14 heteroatoms. The fourth-order valence-corrected chi connectivity index (χ4v) is 9.38. The molecule has 0 bridgehead atoms. The van der Waals surface area contributed by atoms with Crippen molar-refractivity contribution in [1.82, 2.24) is 49.0 Å². The molecule has 12 rings (SSSR count). The molecule has 0 N–H and O–H groups in total. The van der Waals surface area contributed by atoms with Gasteiger partial charge in [0.25, 0.3) is 0 Å². The first kappa shape index (κ1) is 41.0. The lowest BCUT2D eigenvalue weighted by atomic mass is 9.92. The van der Waals surface area contributed by atoms with E-state index in [1.54, 1.807) is 99.0 Å². The molecule has 0 atom stereocenters. The summed E-state index contributed by atoms with van der Waals surface area (Å²) in [4.78, 5) is 40.6. The Morgan fingerprint density at radius 1 is 0.435 bits per heavy atom. The number of hydrogen-bond donors (Lipinski definition) is 0. The first-order chi connectivity index (χ1) is 33.7. The van der Waals surface area contributed by atoms with Gasteiger partial charge in [-0.2, -0.15) is 13.2 Å². The molecule has 0 aliphatic rings. The van der Waals surface area contributed by atoms with Crippen molar-refractivity contribution in [3.05, 3.63) is 200 Å². The number of fused-ring (bicyclic) bond motifs is 6. The summed E-state index contributed by atoms with van der Waals surface area (Å²) in [7, 11) is 0. The Bertz CT molecular complexity index is 3820. The molecule has 0 saturated heterocycles. The van der Waals surface area contributed by atoms with Crippen LogP contribution in [0.4, 0.5) is 18.9 Å². The van der Waals surface area contributed by atoms with Gasteiger partial charge in [-0.05, 0) is 90.3 Å². The summed E-state index contributed by atoms with van der Waals surface area (Å²) in [5.41, 5.74) is 6.32. The lowest BCUT2D eigenvalue weighted by Crippen LogP contribution is -2.09. The van der Waals surface area contributed by atoms with Crippen molar-refractivity contribution < 1.29 is 13.2 Å². The van der Waals surface area contributed by atoms with Gasteiger partial charge in [0.2, 0.25) is 0 Å². The van der Waals surface area contributed by atoms with E-state index < -0.39 is 11.7 Å². The Morgan fingerprint density at radius 3 is 1.12 bits per heavy atom. The van der Waals surface area contributed by atoms with E-state index >= 15 is 13.2 Å². The molecule has 0 amide bonds. The minimum Gasteiger partial charge on any atom is -0.308 e. The van der Waals surface area contributed by atoms with Crippen LogP contribution in [-0.4, -0.2) is 49.0 Å². The molecule has 0 radical (unpaired) electrons. The average molecular weight is 904 g/mol. The van der Waals surface area contributed by atoms with E-state index in [0.29, 0.717) is 62.4 Å². The smallest absolute Gasteiger partial charge is 0.308 e. The maximum Gasteiger partial charge on any atom is 0.416 e. The zero-order valence-electron chi connectivity index (χ0n) is 36.3. The number of nitrogens with zero attached hydrogens (tertiary/aromatic N) is 11. The first-order valence-electron chi connectivity index (χ1n) is 21.7. The second kappa shape index (κ2) is 16.1. The van der Waals surface area contributed by atoms with E-state index in [0.717, 1.165) is 49.8 Å².